The highest BCUT2D eigenvalue weighted by Crippen LogP contribution is 2.09. The largest absolute Gasteiger partial charge is 0.258 e. The number of aryl methyl sites for hydroxylation is 1. The van der Waals surface area contributed by atoms with Crippen molar-refractivity contribution in [3.63, 3.8) is 0 Å². The lowest BCUT2D eigenvalue weighted by atomic mass is 10.3. The first-order chi connectivity index (χ1) is 4.43. The van der Waals surface area contributed by atoms with Gasteiger partial charge in [-0.05, 0) is 24.3 Å². The Morgan fingerprint density at radius 3 is 3.00 bits per heavy atom. The zero-order chi connectivity index (χ0) is 6.53. The molecule has 0 atom stereocenters. The number of nitrogens with one attached hydrogen (secondary N) is 1. The van der Waals surface area contributed by atoms with Crippen LogP contribution in [-0.2, 0) is 6.42 Å². The lowest BCUT2D eigenvalue weighted by Crippen LogP contribution is -1.86. The monoisotopic (exact) mass is 140 g/mol. The highest BCUT2D eigenvalue weighted by Gasteiger charge is 1.89. The molecule has 1 N–H and O–H groups in total. The van der Waals surface area contributed by atoms with Gasteiger partial charge in [0.1, 0.15) is 0 Å². The van der Waals surface area contributed by atoms with Gasteiger partial charge >= 0.3 is 0 Å². The van der Waals surface area contributed by atoms with Crippen LogP contribution in [0.2, 0.25) is 0 Å². The molecular weight excluding hydrogens is 130 g/mol. The van der Waals surface area contributed by atoms with Gasteiger partial charge in [-0.15, -0.1) is 11.3 Å². The lowest BCUT2D eigenvalue weighted by molar-refractivity contribution is 0.826. The summed E-state index contributed by atoms with van der Waals surface area (Å²) in [6, 6.07) is 4.18. The standard InChI is InChI=1S/C7H10NS/c8-5-1-3-7-4-2-6-9-7/h2,4,6,8H,1,3,5H2. The van der Waals surface area contributed by atoms with Crippen LogP contribution in [0.25, 0.3) is 0 Å². The van der Waals surface area contributed by atoms with E-state index in [1.54, 1.807) is 11.3 Å². The van der Waals surface area contributed by atoms with E-state index in [0.717, 1.165) is 12.8 Å². The second kappa shape index (κ2) is 3.64. The third kappa shape index (κ3) is 2.16. The topological polar surface area (TPSA) is 23.8 Å². The molecule has 1 rings (SSSR count). The highest BCUT2D eigenvalue weighted by atomic mass is 32.1. The van der Waals surface area contributed by atoms with Crippen LogP contribution in [0, 0.1) is 0 Å². The minimum absolute atomic E-state index is 0.553. The SMILES string of the molecule is [NH]CCCc1cccs1. The van der Waals surface area contributed by atoms with Crippen LogP contribution in [0.4, 0.5) is 0 Å². The Bertz CT molecular complexity index is 146. The fourth-order valence-corrected chi connectivity index (χ4v) is 1.47. The molecule has 0 aliphatic rings. The van der Waals surface area contributed by atoms with Crippen molar-refractivity contribution in [2.24, 2.45) is 0 Å². The molecule has 0 saturated carbocycles. The summed E-state index contributed by atoms with van der Waals surface area (Å²) in [4.78, 5) is 1.40. The molecule has 0 spiro atoms. The van der Waals surface area contributed by atoms with Crippen molar-refractivity contribution in [3.05, 3.63) is 22.4 Å². The normalized spacial score (nSPS) is 9.89. The van der Waals surface area contributed by atoms with Crippen molar-refractivity contribution < 1.29 is 0 Å². The molecule has 2 heteroatoms. The number of hydrogen-bond acceptors (Lipinski definition) is 1. The Morgan fingerprint density at radius 2 is 2.44 bits per heavy atom. The minimum Gasteiger partial charge on any atom is -0.258 e. The summed E-state index contributed by atoms with van der Waals surface area (Å²) >= 11 is 1.78. The van der Waals surface area contributed by atoms with Crippen molar-refractivity contribution in [1.82, 2.24) is 5.73 Å². The first kappa shape index (κ1) is 6.78. The minimum atomic E-state index is 0.553. The van der Waals surface area contributed by atoms with Gasteiger partial charge in [0.15, 0.2) is 0 Å². The Hall–Kier alpha value is -0.340. The van der Waals surface area contributed by atoms with Gasteiger partial charge < -0.3 is 0 Å². The van der Waals surface area contributed by atoms with Crippen LogP contribution in [-0.4, -0.2) is 6.54 Å². The molecule has 0 saturated heterocycles. The van der Waals surface area contributed by atoms with Crippen LogP contribution >= 0.6 is 11.3 Å². The van der Waals surface area contributed by atoms with Crippen molar-refractivity contribution in [2.75, 3.05) is 6.54 Å². The summed E-state index contributed by atoms with van der Waals surface area (Å²) in [6.45, 7) is 0.553. The number of hydrogen-bond donors (Lipinski definition) is 0. The summed E-state index contributed by atoms with van der Waals surface area (Å²) in [5.74, 6) is 0. The molecule has 1 nitrogen and oxygen atoms in total. The maximum Gasteiger partial charge on any atom is 0.0103 e. The van der Waals surface area contributed by atoms with E-state index in [4.69, 9.17) is 5.73 Å². The van der Waals surface area contributed by atoms with Gasteiger partial charge in [-0.2, -0.15) is 0 Å². The molecule has 1 radical (unpaired) electrons. The Morgan fingerprint density at radius 1 is 1.56 bits per heavy atom. The Balaban J connectivity index is 2.30. The molecule has 0 unspecified atom stereocenters. The molecule has 0 aromatic carbocycles. The molecule has 49 valence electrons. The van der Waals surface area contributed by atoms with E-state index in [2.05, 4.69) is 17.5 Å². The third-order valence-corrected chi connectivity index (χ3v) is 2.12. The maximum absolute atomic E-state index is 6.91. The second-order valence-corrected chi connectivity index (χ2v) is 2.97. The van der Waals surface area contributed by atoms with Crippen LogP contribution in [0.15, 0.2) is 17.5 Å². The molecule has 9 heavy (non-hydrogen) atoms. The zero-order valence-electron chi connectivity index (χ0n) is 5.26. The molecule has 1 heterocycles. The van der Waals surface area contributed by atoms with E-state index >= 15 is 0 Å². The van der Waals surface area contributed by atoms with Gasteiger partial charge in [-0.1, -0.05) is 6.07 Å². The van der Waals surface area contributed by atoms with Gasteiger partial charge in [-0.25, -0.2) is 0 Å². The van der Waals surface area contributed by atoms with Crippen molar-refractivity contribution >= 4 is 11.3 Å². The fraction of sp³-hybridized carbons (Fsp3) is 0.429. The molecule has 1 aromatic heterocycles. The lowest BCUT2D eigenvalue weighted by Gasteiger charge is -1.90. The predicted molar refractivity (Wildman–Crippen MR) is 40.6 cm³/mol. The molecule has 0 aliphatic carbocycles. The number of thiophene rings is 1. The molecule has 0 aliphatic heterocycles. The average molecular weight is 140 g/mol. The predicted octanol–water partition coefficient (Wildman–Crippen LogP) is 1.96. The first-order valence-corrected chi connectivity index (χ1v) is 3.98. The van der Waals surface area contributed by atoms with Crippen molar-refractivity contribution in [1.29, 1.82) is 0 Å². The molecule has 1 aromatic rings. The van der Waals surface area contributed by atoms with Crippen molar-refractivity contribution in [3.8, 4) is 0 Å². The van der Waals surface area contributed by atoms with E-state index in [0.29, 0.717) is 6.54 Å². The average Bonchev–Trinajstić information content (AvgIpc) is 2.34. The van der Waals surface area contributed by atoms with E-state index in [9.17, 15) is 0 Å². The fourth-order valence-electron chi connectivity index (χ4n) is 0.717. The smallest absolute Gasteiger partial charge is 0.0103 e. The molecular formula is C7H10NS. The molecule has 0 amide bonds. The summed E-state index contributed by atoms with van der Waals surface area (Å²) in [6.07, 6.45) is 2.08. The molecule has 0 fully saturated rings. The summed E-state index contributed by atoms with van der Waals surface area (Å²) in [5.41, 5.74) is 6.91. The summed E-state index contributed by atoms with van der Waals surface area (Å²) in [5, 5.41) is 2.08. The van der Waals surface area contributed by atoms with Gasteiger partial charge in [-0.3, -0.25) is 5.73 Å². The Labute approximate surface area is 59.5 Å². The quantitative estimate of drug-likeness (QED) is 0.613. The van der Waals surface area contributed by atoms with E-state index in [1.165, 1.54) is 4.88 Å². The summed E-state index contributed by atoms with van der Waals surface area (Å²) in [7, 11) is 0. The van der Waals surface area contributed by atoms with Crippen LogP contribution in [0.3, 0.4) is 0 Å². The van der Waals surface area contributed by atoms with Crippen LogP contribution < -0.4 is 5.73 Å². The van der Waals surface area contributed by atoms with Crippen LogP contribution in [0.5, 0.6) is 0 Å². The summed E-state index contributed by atoms with van der Waals surface area (Å²) < 4.78 is 0. The van der Waals surface area contributed by atoms with Gasteiger partial charge in [0, 0.05) is 11.4 Å². The van der Waals surface area contributed by atoms with Gasteiger partial charge in [0.25, 0.3) is 0 Å². The number of rotatable bonds is 3. The third-order valence-electron chi connectivity index (χ3n) is 1.18. The zero-order valence-corrected chi connectivity index (χ0v) is 6.08. The first-order valence-electron chi connectivity index (χ1n) is 3.10. The van der Waals surface area contributed by atoms with E-state index in [-0.39, 0.29) is 0 Å². The Kier molecular flexibility index (Phi) is 2.74. The maximum atomic E-state index is 6.91. The molecule has 0 bridgehead atoms. The van der Waals surface area contributed by atoms with Gasteiger partial charge in [0.2, 0.25) is 0 Å². The van der Waals surface area contributed by atoms with E-state index < -0.39 is 0 Å². The van der Waals surface area contributed by atoms with Crippen LogP contribution in [0.1, 0.15) is 11.3 Å². The second-order valence-electron chi connectivity index (χ2n) is 1.93. The van der Waals surface area contributed by atoms with Gasteiger partial charge in [0.05, 0.1) is 0 Å². The van der Waals surface area contributed by atoms with Crippen molar-refractivity contribution in [2.45, 2.75) is 12.8 Å². The van der Waals surface area contributed by atoms with E-state index in [1.807, 2.05) is 0 Å². The highest BCUT2D eigenvalue weighted by molar-refractivity contribution is 7.09.